The van der Waals surface area contributed by atoms with Crippen LogP contribution in [0.1, 0.15) is 19.8 Å². The van der Waals surface area contributed by atoms with Crippen molar-refractivity contribution in [2.45, 2.75) is 25.8 Å². The first kappa shape index (κ1) is 10.0. The van der Waals surface area contributed by atoms with Gasteiger partial charge < -0.3 is 5.32 Å². The molecule has 2 unspecified atom stereocenters. The Labute approximate surface area is 94.0 Å². The van der Waals surface area contributed by atoms with E-state index in [0.29, 0.717) is 12.0 Å². The van der Waals surface area contributed by atoms with Crippen LogP contribution in [0.15, 0.2) is 28.7 Å². The van der Waals surface area contributed by atoms with E-state index in [2.05, 4.69) is 58.9 Å². The summed E-state index contributed by atoms with van der Waals surface area (Å²) < 4.78 is 1.14. The van der Waals surface area contributed by atoms with Crippen molar-refractivity contribution < 1.29 is 0 Å². The molecule has 0 amide bonds. The molecule has 1 fully saturated rings. The molecule has 14 heavy (non-hydrogen) atoms. The van der Waals surface area contributed by atoms with Crippen LogP contribution in [-0.4, -0.2) is 6.04 Å². The zero-order valence-electron chi connectivity index (χ0n) is 8.33. The lowest BCUT2D eigenvalue weighted by Gasteiger charge is -2.18. The SMILES string of the molecule is CC1[CH]CCC1Nc1cccc(Br)c1. The van der Waals surface area contributed by atoms with Gasteiger partial charge in [0, 0.05) is 16.2 Å². The third kappa shape index (κ3) is 2.30. The van der Waals surface area contributed by atoms with E-state index in [1.807, 2.05) is 0 Å². The van der Waals surface area contributed by atoms with Crippen LogP contribution < -0.4 is 5.32 Å². The second kappa shape index (κ2) is 4.35. The molecule has 1 N–H and O–H groups in total. The zero-order valence-corrected chi connectivity index (χ0v) is 9.92. The highest BCUT2D eigenvalue weighted by molar-refractivity contribution is 9.10. The molecule has 2 atom stereocenters. The summed E-state index contributed by atoms with van der Waals surface area (Å²) >= 11 is 3.48. The van der Waals surface area contributed by atoms with Crippen molar-refractivity contribution in [3.05, 3.63) is 35.2 Å². The van der Waals surface area contributed by atoms with Crippen molar-refractivity contribution in [3.63, 3.8) is 0 Å². The van der Waals surface area contributed by atoms with Gasteiger partial charge in [-0.25, -0.2) is 0 Å². The van der Waals surface area contributed by atoms with E-state index in [-0.39, 0.29) is 0 Å². The highest BCUT2D eigenvalue weighted by atomic mass is 79.9. The second-order valence-corrected chi connectivity index (χ2v) is 4.85. The predicted octanol–water partition coefficient (Wildman–Crippen LogP) is 3.86. The summed E-state index contributed by atoms with van der Waals surface area (Å²) in [6.45, 7) is 2.28. The summed E-state index contributed by atoms with van der Waals surface area (Å²) in [6, 6.07) is 8.98. The molecule has 2 heteroatoms. The quantitative estimate of drug-likeness (QED) is 0.843. The first-order valence-corrected chi connectivity index (χ1v) is 5.90. The highest BCUT2D eigenvalue weighted by Gasteiger charge is 2.22. The van der Waals surface area contributed by atoms with Crippen LogP contribution in [0.5, 0.6) is 0 Å². The fraction of sp³-hybridized carbons (Fsp3) is 0.417. The zero-order chi connectivity index (χ0) is 9.97. The molecule has 0 aromatic heterocycles. The minimum atomic E-state index is 0.615. The number of benzene rings is 1. The topological polar surface area (TPSA) is 12.0 Å². The molecule has 0 aliphatic heterocycles. The van der Waals surface area contributed by atoms with E-state index in [1.54, 1.807) is 0 Å². The monoisotopic (exact) mass is 252 g/mol. The van der Waals surface area contributed by atoms with Crippen LogP contribution in [0.3, 0.4) is 0 Å². The molecule has 1 aromatic carbocycles. The van der Waals surface area contributed by atoms with Gasteiger partial charge in [-0.2, -0.15) is 0 Å². The summed E-state index contributed by atoms with van der Waals surface area (Å²) in [5, 5.41) is 3.57. The number of rotatable bonds is 2. The van der Waals surface area contributed by atoms with Gasteiger partial charge in [-0.15, -0.1) is 0 Å². The Morgan fingerprint density at radius 1 is 1.43 bits per heavy atom. The summed E-state index contributed by atoms with van der Waals surface area (Å²) in [5.74, 6) is 0.689. The Bertz CT molecular complexity index is 311. The van der Waals surface area contributed by atoms with E-state index in [9.17, 15) is 0 Å². The molecule has 75 valence electrons. The third-order valence-corrected chi connectivity index (χ3v) is 3.32. The van der Waals surface area contributed by atoms with Crippen molar-refractivity contribution in [2.24, 2.45) is 5.92 Å². The lowest BCUT2D eigenvalue weighted by atomic mass is 10.1. The Kier molecular flexibility index (Phi) is 3.12. The van der Waals surface area contributed by atoms with Gasteiger partial charge in [-0.3, -0.25) is 0 Å². The van der Waals surface area contributed by atoms with Crippen molar-refractivity contribution in [1.82, 2.24) is 0 Å². The van der Waals surface area contributed by atoms with Gasteiger partial charge in [0.05, 0.1) is 0 Å². The molecule has 1 nitrogen and oxygen atoms in total. The van der Waals surface area contributed by atoms with E-state index >= 15 is 0 Å². The van der Waals surface area contributed by atoms with Crippen LogP contribution in [0.2, 0.25) is 0 Å². The van der Waals surface area contributed by atoms with Gasteiger partial charge in [-0.05, 0) is 43.4 Å². The normalized spacial score (nSPS) is 26.4. The Balaban J connectivity index is 2.03. The second-order valence-electron chi connectivity index (χ2n) is 3.93. The molecule has 1 radical (unpaired) electrons. The fourth-order valence-corrected chi connectivity index (χ4v) is 2.36. The molecular formula is C12H15BrN. The summed E-state index contributed by atoms with van der Waals surface area (Å²) in [4.78, 5) is 0. The molecule has 1 saturated carbocycles. The van der Waals surface area contributed by atoms with Crippen LogP contribution >= 0.6 is 15.9 Å². The van der Waals surface area contributed by atoms with Crippen molar-refractivity contribution in [3.8, 4) is 0 Å². The molecule has 1 aromatic rings. The van der Waals surface area contributed by atoms with Crippen molar-refractivity contribution in [2.75, 3.05) is 5.32 Å². The Morgan fingerprint density at radius 2 is 2.29 bits per heavy atom. The molecule has 0 heterocycles. The molecule has 0 spiro atoms. The largest absolute Gasteiger partial charge is 0.382 e. The number of hydrogen-bond acceptors (Lipinski definition) is 1. The summed E-state index contributed by atoms with van der Waals surface area (Å²) in [7, 11) is 0. The van der Waals surface area contributed by atoms with Gasteiger partial charge in [0.15, 0.2) is 0 Å². The van der Waals surface area contributed by atoms with Gasteiger partial charge in [0.1, 0.15) is 0 Å². The van der Waals surface area contributed by atoms with Gasteiger partial charge in [-0.1, -0.05) is 28.9 Å². The van der Waals surface area contributed by atoms with Crippen LogP contribution in [-0.2, 0) is 0 Å². The standard InChI is InChI=1S/C12H15BrN/c1-9-4-2-7-12(9)14-11-6-3-5-10(13)8-11/h3-6,8-9,12,14H,2,7H2,1H3. The molecule has 1 aliphatic carbocycles. The average Bonchev–Trinajstić information content (AvgIpc) is 2.52. The Hall–Kier alpha value is -0.500. The summed E-state index contributed by atoms with van der Waals surface area (Å²) in [5.41, 5.74) is 1.21. The van der Waals surface area contributed by atoms with E-state index in [0.717, 1.165) is 4.47 Å². The van der Waals surface area contributed by atoms with Crippen LogP contribution in [0.4, 0.5) is 5.69 Å². The molecule has 1 aliphatic rings. The number of halogens is 1. The lowest BCUT2D eigenvalue weighted by Crippen LogP contribution is -2.21. The number of nitrogens with one attached hydrogen (secondary N) is 1. The highest BCUT2D eigenvalue weighted by Crippen LogP contribution is 2.27. The van der Waals surface area contributed by atoms with Gasteiger partial charge in [0.2, 0.25) is 0 Å². The van der Waals surface area contributed by atoms with E-state index in [4.69, 9.17) is 0 Å². The maximum atomic E-state index is 3.57. The van der Waals surface area contributed by atoms with Crippen LogP contribution in [0.25, 0.3) is 0 Å². The molecule has 2 rings (SSSR count). The third-order valence-electron chi connectivity index (χ3n) is 2.83. The van der Waals surface area contributed by atoms with Crippen LogP contribution in [0, 0.1) is 12.3 Å². The summed E-state index contributed by atoms with van der Waals surface area (Å²) in [6.07, 6.45) is 4.90. The maximum Gasteiger partial charge on any atom is 0.0353 e. The van der Waals surface area contributed by atoms with Gasteiger partial charge >= 0.3 is 0 Å². The minimum absolute atomic E-state index is 0.615. The van der Waals surface area contributed by atoms with Gasteiger partial charge in [0.25, 0.3) is 0 Å². The minimum Gasteiger partial charge on any atom is -0.382 e. The molecule has 0 saturated heterocycles. The lowest BCUT2D eigenvalue weighted by molar-refractivity contribution is 0.610. The first-order valence-electron chi connectivity index (χ1n) is 5.11. The van der Waals surface area contributed by atoms with E-state index < -0.39 is 0 Å². The molecular weight excluding hydrogens is 238 g/mol. The maximum absolute atomic E-state index is 3.57. The Morgan fingerprint density at radius 3 is 2.93 bits per heavy atom. The smallest absolute Gasteiger partial charge is 0.0353 e. The number of anilines is 1. The van der Waals surface area contributed by atoms with Crippen molar-refractivity contribution >= 4 is 21.6 Å². The first-order chi connectivity index (χ1) is 6.75. The van der Waals surface area contributed by atoms with E-state index in [1.165, 1.54) is 18.5 Å². The average molecular weight is 253 g/mol. The molecule has 0 bridgehead atoms. The number of hydrogen-bond donors (Lipinski definition) is 1. The fourth-order valence-electron chi connectivity index (χ4n) is 1.96. The predicted molar refractivity (Wildman–Crippen MR) is 64.3 cm³/mol. The van der Waals surface area contributed by atoms with Crippen molar-refractivity contribution in [1.29, 1.82) is 0 Å².